The Morgan fingerprint density at radius 3 is 2.38 bits per heavy atom. The molecule has 5 unspecified atom stereocenters. The van der Waals surface area contributed by atoms with E-state index in [1.165, 1.54) is 7.11 Å². The van der Waals surface area contributed by atoms with E-state index in [0.717, 1.165) is 6.42 Å². The van der Waals surface area contributed by atoms with Gasteiger partial charge in [-0.3, -0.25) is 0 Å². The molecule has 4 nitrogen and oxygen atoms in total. The molecule has 0 radical (unpaired) electrons. The third-order valence-corrected chi connectivity index (χ3v) is 2.68. The minimum Gasteiger partial charge on any atom is -0.390 e. The van der Waals surface area contributed by atoms with Crippen molar-refractivity contribution in [3.8, 4) is 0 Å². The van der Waals surface area contributed by atoms with E-state index < -0.39 is 18.5 Å². The van der Waals surface area contributed by atoms with E-state index in [4.69, 9.17) is 9.47 Å². The van der Waals surface area contributed by atoms with E-state index >= 15 is 0 Å². The fourth-order valence-corrected chi connectivity index (χ4v) is 1.65. The summed E-state index contributed by atoms with van der Waals surface area (Å²) in [6.07, 6.45) is -1.47. The van der Waals surface area contributed by atoms with Crippen molar-refractivity contribution in [3.05, 3.63) is 0 Å². The highest BCUT2D eigenvalue weighted by molar-refractivity contribution is 4.85. The Morgan fingerprint density at radius 1 is 1.31 bits per heavy atom. The van der Waals surface area contributed by atoms with Gasteiger partial charge in [-0.25, -0.2) is 0 Å². The Bertz CT molecular complexity index is 142. The van der Waals surface area contributed by atoms with Crippen LogP contribution in [0.3, 0.4) is 0 Å². The molecular weight excluding hydrogens is 172 g/mol. The van der Waals surface area contributed by atoms with Crippen LogP contribution in [0.2, 0.25) is 0 Å². The molecule has 0 spiro atoms. The topological polar surface area (TPSA) is 58.9 Å². The van der Waals surface area contributed by atoms with Gasteiger partial charge in [0.15, 0.2) is 6.29 Å². The Hall–Kier alpha value is -0.160. The maximum absolute atomic E-state index is 9.68. The fraction of sp³-hybridized carbons (Fsp3) is 1.00. The Labute approximate surface area is 78.5 Å². The van der Waals surface area contributed by atoms with Gasteiger partial charge in [-0.1, -0.05) is 13.8 Å². The van der Waals surface area contributed by atoms with Crippen LogP contribution in [0.1, 0.15) is 20.3 Å². The molecule has 0 aliphatic carbocycles. The summed E-state index contributed by atoms with van der Waals surface area (Å²) >= 11 is 0. The lowest BCUT2D eigenvalue weighted by atomic mass is 9.90. The second-order valence-corrected chi connectivity index (χ2v) is 3.53. The molecule has 2 N–H and O–H groups in total. The highest BCUT2D eigenvalue weighted by Crippen LogP contribution is 2.27. The number of methoxy groups -OCH3 is 1. The van der Waals surface area contributed by atoms with Crippen molar-refractivity contribution in [1.29, 1.82) is 0 Å². The molecule has 78 valence electrons. The van der Waals surface area contributed by atoms with Crippen LogP contribution in [0.15, 0.2) is 0 Å². The lowest BCUT2D eigenvalue weighted by Gasteiger charge is -2.40. The van der Waals surface area contributed by atoms with Crippen molar-refractivity contribution in [2.45, 2.75) is 44.9 Å². The molecule has 4 heteroatoms. The van der Waals surface area contributed by atoms with Crippen LogP contribution in [0.25, 0.3) is 0 Å². The quantitative estimate of drug-likeness (QED) is 0.649. The maximum Gasteiger partial charge on any atom is 0.183 e. The van der Waals surface area contributed by atoms with Crippen LogP contribution < -0.4 is 0 Å². The third-order valence-electron chi connectivity index (χ3n) is 2.68. The second-order valence-electron chi connectivity index (χ2n) is 3.53. The zero-order valence-electron chi connectivity index (χ0n) is 8.30. The summed E-state index contributed by atoms with van der Waals surface area (Å²) < 4.78 is 10.3. The van der Waals surface area contributed by atoms with Gasteiger partial charge in [0, 0.05) is 13.0 Å². The van der Waals surface area contributed by atoms with E-state index in [9.17, 15) is 10.2 Å². The molecule has 1 heterocycles. The molecule has 5 atom stereocenters. The van der Waals surface area contributed by atoms with Crippen molar-refractivity contribution in [2.24, 2.45) is 5.92 Å². The van der Waals surface area contributed by atoms with Crippen molar-refractivity contribution in [1.82, 2.24) is 0 Å². The maximum atomic E-state index is 9.68. The predicted molar refractivity (Wildman–Crippen MR) is 47.1 cm³/mol. The lowest BCUT2D eigenvalue weighted by Crippen LogP contribution is -2.53. The summed E-state index contributed by atoms with van der Waals surface area (Å²) in [6, 6.07) is 0. The molecular formula is C9H18O4. The van der Waals surface area contributed by atoms with E-state index in [0.29, 0.717) is 0 Å². The number of aliphatic hydroxyl groups is 2. The van der Waals surface area contributed by atoms with Gasteiger partial charge in [-0.2, -0.15) is 0 Å². The number of hydrogen-bond acceptors (Lipinski definition) is 4. The van der Waals surface area contributed by atoms with Crippen LogP contribution in [0, 0.1) is 5.92 Å². The van der Waals surface area contributed by atoms with Gasteiger partial charge in [0.1, 0.15) is 6.10 Å². The van der Waals surface area contributed by atoms with Gasteiger partial charge >= 0.3 is 0 Å². The smallest absolute Gasteiger partial charge is 0.183 e. The Kier molecular flexibility index (Phi) is 3.67. The van der Waals surface area contributed by atoms with Crippen molar-refractivity contribution < 1.29 is 19.7 Å². The monoisotopic (exact) mass is 190 g/mol. The van der Waals surface area contributed by atoms with Gasteiger partial charge in [0.2, 0.25) is 0 Å². The summed E-state index contributed by atoms with van der Waals surface area (Å²) in [5, 5.41) is 19.3. The highest BCUT2D eigenvalue weighted by Gasteiger charge is 2.41. The molecule has 1 aliphatic rings. The first-order valence-corrected chi connectivity index (χ1v) is 4.66. The summed E-state index contributed by atoms with van der Waals surface area (Å²) in [5.41, 5.74) is 0. The largest absolute Gasteiger partial charge is 0.390 e. The van der Waals surface area contributed by atoms with E-state index in [1.54, 1.807) is 6.92 Å². The summed E-state index contributed by atoms with van der Waals surface area (Å²) in [5.74, 6) is -0.205. The van der Waals surface area contributed by atoms with Crippen molar-refractivity contribution >= 4 is 0 Å². The summed E-state index contributed by atoms with van der Waals surface area (Å²) in [6.45, 7) is 3.73. The van der Waals surface area contributed by atoms with Crippen LogP contribution in [0.4, 0.5) is 0 Å². The first-order valence-electron chi connectivity index (χ1n) is 4.66. The molecule has 1 aliphatic heterocycles. The lowest BCUT2D eigenvalue weighted by molar-refractivity contribution is -0.275. The van der Waals surface area contributed by atoms with E-state index in [2.05, 4.69) is 0 Å². The fourth-order valence-electron chi connectivity index (χ4n) is 1.65. The molecule has 0 bridgehead atoms. The molecule has 0 amide bonds. The molecule has 1 rings (SSSR count). The van der Waals surface area contributed by atoms with Gasteiger partial charge in [0.25, 0.3) is 0 Å². The molecule has 0 saturated carbocycles. The molecule has 0 aromatic heterocycles. The predicted octanol–water partition coefficient (Wildman–Crippen LogP) is 0.126. The average molecular weight is 190 g/mol. The molecule has 0 aromatic rings. The minimum atomic E-state index is -0.747. The van der Waals surface area contributed by atoms with Crippen LogP contribution in [-0.2, 0) is 9.47 Å². The number of hydrogen-bond donors (Lipinski definition) is 2. The molecule has 1 fully saturated rings. The van der Waals surface area contributed by atoms with Gasteiger partial charge < -0.3 is 19.7 Å². The highest BCUT2D eigenvalue weighted by atomic mass is 16.7. The Morgan fingerprint density at radius 2 is 1.92 bits per heavy atom. The first-order chi connectivity index (χ1) is 6.11. The van der Waals surface area contributed by atoms with Crippen LogP contribution >= 0.6 is 0 Å². The molecule has 0 aromatic carbocycles. The van der Waals surface area contributed by atoms with Crippen molar-refractivity contribution in [2.75, 3.05) is 7.11 Å². The zero-order chi connectivity index (χ0) is 10.0. The standard InChI is InChI=1S/C9H18O4/c1-4-6-7(10)5(2)8(11)9(12-3)13-6/h5-11H,4H2,1-3H3. The van der Waals surface area contributed by atoms with Crippen molar-refractivity contribution in [3.63, 3.8) is 0 Å². The van der Waals surface area contributed by atoms with E-state index in [-0.39, 0.29) is 12.0 Å². The third kappa shape index (κ3) is 2.02. The Balaban J connectivity index is 2.66. The number of ether oxygens (including phenoxy) is 2. The van der Waals surface area contributed by atoms with Gasteiger partial charge in [0.05, 0.1) is 12.2 Å². The SMILES string of the molecule is CCC1OC(OC)C(O)C(C)C1O. The van der Waals surface area contributed by atoms with Crippen LogP contribution in [-0.4, -0.2) is 41.9 Å². The van der Waals surface area contributed by atoms with Crippen LogP contribution in [0.5, 0.6) is 0 Å². The number of rotatable bonds is 2. The first kappa shape index (κ1) is 10.9. The average Bonchev–Trinajstić information content (AvgIpc) is 2.15. The number of aliphatic hydroxyl groups excluding tert-OH is 2. The normalized spacial score (nSPS) is 46.4. The second kappa shape index (κ2) is 4.37. The summed E-state index contributed by atoms with van der Waals surface area (Å²) in [7, 11) is 1.49. The van der Waals surface area contributed by atoms with Gasteiger partial charge in [-0.15, -0.1) is 0 Å². The molecule has 1 saturated heterocycles. The van der Waals surface area contributed by atoms with E-state index in [1.807, 2.05) is 6.92 Å². The van der Waals surface area contributed by atoms with Gasteiger partial charge in [-0.05, 0) is 6.42 Å². The zero-order valence-corrected chi connectivity index (χ0v) is 8.30. The minimum absolute atomic E-state index is 0.205. The molecule has 13 heavy (non-hydrogen) atoms. The summed E-state index contributed by atoms with van der Waals surface area (Å²) in [4.78, 5) is 0.